The Morgan fingerprint density at radius 2 is 1.89 bits per heavy atom. The molecule has 3 rings (SSSR count). The molecule has 3 aromatic rings. The number of ether oxygens (including phenoxy) is 1. The summed E-state index contributed by atoms with van der Waals surface area (Å²) in [6.45, 7) is 1.74. The highest BCUT2D eigenvalue weighted by Crippen LogP contribution is 2.24. The molecule has 0 spiro atoms. The summed E-state index contributed by atoms with van der Waals surface area (Å²) in [7, 11) is 1.34. The third kappa shape index (κ3) is 4.23. The molecule has 0 unspecified atom stereocenters. The second kappa shape index (κ2) is 8.31. The number of hydrogen-bond acceptors (Lipinski definition) is 4. The number of carbonyl (C=O) groups is 2. The van der Waals surface area contributed by atoms with Gasteiger partial charge in [0, 0.05) is 23.6 Å². The number of aromatic nitrogens is 2. The van der Waals surface area contributed by atoms with Gasteiger partial charge in [0.25, 0.3) is 5.91 Å². The first-order valence-corrected chi connectivity index (χ1v) is 8.62. The molecule has 1 N–H and O–H groups in total. The molecular weight excluding hydrogens is 342 g/mol. The molecule has 0 aliphatic rings. The SMILES string of the molecule is COC(=O)[C@@H](C)[C@H](NC(=O)c1cccc(-n2ccnc2)c1)c1ccccc1. The van der Waals surface area contributed by atoms with Crippen LogP contribution < -0.4 is 5.32 Å². The summed E-state index contributed by atoms with van der Waals surface area (Å²) in [5, 5.41) is 2.97. The van der Waals surface area contributed by atoms with Crippen LogP contribution in [0.15, 0.2) is 73.3 Å². The maximum absolute atomic E-state index is 12.9. The van der Waals surface area contributed by atoms with Gasteiger partial charge in [-0.05, 0) is 30.7 Å². The highest BCUT2D eigenvalue weighted by Gasteiger charge is 2.28. The van der Waals surface area contributed by atoms with E-state index in [1.165, 1.54) is 7.11 Å². The molecule has 0 radical (unpaired) electrons. The molecule has 1 heterocycles. The molecule has 27 heavy (non-hydrogen) atoms. The van der Waals surface area contributed by atoms with E-state index < -0.39 is 12.0 Å². The maximum atomic E-state index is 12.9. The zero-order valence-corrected chi connectivity index (χ0v) is 15.2. The summed E-state index contributed by atoms with van der Waals surface area (Å²) >= 11 is 0. The summed E-state index contributed by atoms with van der Waals surface area (Å²) < 4.78 is 6.69. The van der Waals surface area contributed by atoms with E-state index >= 15 is 0 Å². The van der Waals surface area contributed by atoms with Gasteiger partial charge >= 0.3 is 5.97 Å². The quantitative estimate of drug-likeness (QED) is 0.683. The van der Waals surface area contributed by atoms with Crippen molar-refractivity contribution in [2.75, 3.05) is 7.11 Å². The van der Waals surface area contributed by atoms with E-state index in [1.807, 2.05) is 53.2 Å². The second-order valence-corrected chi connectivity index (χ2v) is 6.19. The van der Waals surface area contributed by atoms with Crippen LogP contribution in [0.5, 0.6) is 0 Å². The van der Waals surface area contributed by atoms with Crippen LogP contribution in [0.25, 0.3) is 5.69 Å². The van der Waals surface area contributed by atoms with Crippen molar-refractivity contribution in [3.8, 4) is 5.69 Å². The Morgan fingerprint density at radius 3 is 2.56 bits per heavy atom. The molecule has 2 aromatic carbocycles. The highest BCUT2D eigenvalue weighted by molar-refractivity contribution is 5.95. The van der Waals surface area contributed by atoms with Gasteiger partial charge in [0.2, 0.25) is 0 Å². The molecule has 0 aliphatic carbocycles. The molecular formula is C21H21N3O3. The highest BCUT2D eigenvalue weighted by atomic mass is 16.5. The largest absolute Gasteiger partial charge is 0.469 e. The number of esters is 1. The van der Waals surface area contributed by atoms with Crippen LogP contribution in [0.1, 0.15) is 28.9 Å². The minimum absolute atomic E-state index is 0.262. The number of hydrogen-bond donors (Lipinski definition) is 1. The van der Waals surface area contributed by atoms with Crippen molar-refractivity contribution >= 4 is 11.9 Å². The van der Waals surface area contributed by atoms with Crippen molar-refractivity contribution in [3.63, 3.8) is 0 Å². The summed E-state index contributed by atoms with van der Waals surface area (Å²) in [6, 6.07) is 16.1. The standard InChI is InChI=1S/C21H21N3O3/c1-15(21(26)27-2)19(16-7-4-3-5-8-16)23-20(25)17-9-6-10-18(13-17)24-12-11-22-14-24/h3-15,19H,1-2H3,(H,23,25)/t15-,19-/m0/s1. The molecule has 0 saturated carbocycles. The van der Waals surface area contributed by atoms with Crippen LogP contribution in [-0.2, 0) is 9.53 Å². The summed E-state index contributed by atoms with van der Waals surface area (Å²) in [5.74, 6) is -1.17. The van der Waals surface area contributed by atoms with Gasteiger partial charge in [0.05, 0.1) is 25.4 Å². The first kappa shape index (κ1) is 18.4. The van der Waals surface area contributed by atoms with Crippen LogP contribution in [0.3, 0.4) is 0 Å². The molecule has 0 bridgehead atoms. The Morgan fingerprint density at radius 1 is 1.11 bits per heavy atom. The predicted octanol–water partition coefficient (Wildman–Crippen LogP) is 3.15. The lowest BCUT2D eigenvalue weighted by Crippen LogP contribution is -2.36. The first-order chi connectivity index (χ1) is 13.1. The lowest BCUT2D eigenvalue weighted by Gasteiger charge is -2.24. The van der Waals surface area contributed by atoms with Crippen LogP contribution in [0.2, 0.25) is 0 Å². The number of rotatable bonds is 6. The van der Waals surface area contributed by atoms with Crippen molar-refractivity contribution in [3.05, 3.63) is 84.4 Å². The van der Waals surface area contributed by atoms with Crippen LogP contribution >= 0.6 is 0 Å². The van der Waals surface area contributed by atoms with Gasteiger partial charge in [0.15, 0.2) is 0 Å². The number of amides is 1. The molecule has 0 saturated heterocycles. The van der Waals surface area contributed by atoms with Crippen molar-refractivity contribution in [2.24, 2.45) is 5.92 Å². The lowest BCUT2D eigenvalue weighted by molar-refractivity contribution is -0.145. The Hall–Kier alpha value is -3.41. The normalized spacial score (nSPS) is 12.8. The minimum Gasteiger partial charge on any atom is -0.469 e. The van der Waals surface area contributed by atoms with Gasteiger partial charge in [-0.25, -0.2) is 4.98 Å². The van der Waals surface area contributed by atoms with Gasteiger partial charge in [-0.3, -0.25) is 9.59 Å². The number of nitrogens with one attached hydrogen (secondary N) is 1. The average molecular weight is 363 g/mol. The summed E-state index contributed by atoms with van der Waals surface area (Å²) in [6.07, 6.45) is 5.16. The molecule has 1 amide bonds. The van der Waals surface area contributed by atoms with Gasteiger partial charge < -0.3 is 14.6 Å². The zero-order chi connectivity index (χ0) is 19.2. The number of carbonyl (C=O) groups excluding carboxylic acids is 2. The third-order valence-electron chi connectivity index (χ3n) is 4.43. The number of methoxy groups -OCH3 is 1. The fourth-order valence-electron chi connectivity index (χ4n) is 2.92. The molecule has 0 aliphatic heterocycles. The fourth-order valence-corrected chi connectivity index (χ4v) is 2.92. The van der Waals surface area contributed by atoms with Crippen molar-refractivity contribution in [1.29, 1.82) is 0 Å². The van der Waals surface area contributed by atoms with Crippen LogP contribution in [0.4, 0.5) is 0 Å². The molecule has 138 valence electrons. The predicted molar refractivity (Wildman–Crippen MR) is 101 cm³/mol. The van der Waals surface area contributed by atoms with Crippen LogP contribution in [-0.4, -0.2) is 28.5 Å². The van der Waals surface area contributed by atoms with Crippen molar-refractivity contribution in [1.82, 2.24) is 14.9 Å². The monoisotopic (exact) mass is 363 g/mol. The van der Waals surface area contributed by atoms with Gasteiger partial charge in [-0.1, -0.05) is 36.4 Å². The number of nitrogens with zero attached hydrogens (tertiary/aromatic N) is 2. The third-order valence-corrected chi connectivity index (χ3v) is 4.43. The lowest BCUT2D eigenvalue weighted by atomic mass is 9.94. The maximum Gasteiger partial charge on any atom is 0.310 e. The van der Waals surface area contributed by atoms with E-state index in [0.29, 0.717) is 5.56 Å². The van der Waals surface area contributed by atoms with Gasteiger partial charge in [-0.15, -0.1) is 0 Å². The van der Waals surface area contributed by atoms with E-state index in [9.17, 15) is 9.59 Å². The Balaban J connectivity index is 1.86. The zero-order valence-electron chi connectivity index (χ0n) is 15.2. The Kier molecular flexibility index (Phi) is 5.66. The number of imidazole rings is 1. The van der Waals surface area contributed by atoms with E-state index in [-0.39, 0.29) is 11.9 Å². The van der Waals surface area contributed by atoms with E-state index in [0.717, 1.165) is 11.3 Å². The minimum atomic E-state index is -0.529. The molecule has 2 atom stereocenters. The topological polar surface area (TPSA) is 73.2 Å². The summed E-state index contributed by atoms with van der Waals surface area (Å²) in [4.78, 5) is 29.0. The molecule has 6 nitrogen and oxygen atoms in total. The summed E-state index contributed by atoms with van der Waals surface area (Å²) in [5.41, 5.74) is 2.17. The molecule has 1 aromatic heterocycles. The number of benzene rings is 2. The van der Waals surface area contributed by atoms with Crippen molar-refractivity contribution in [2.45, 2.75) is 13.0 Å². The fraction of sp³-hybridized carbons (Fsp3) is 0.190. The van der Waals surface area contributed by atoms with Gasteiger partial charge in [-0.2, -0.15) is 0 Å². The Labute approximate surface area is 157 Å². The van der Waals surface area contributed by atoms with E-state index in [1.54, 1.807) is 31.6 Å². The Bertz CT molecular complexity index is 907. The first-order valence-electron chi connectivity index (χ1n) is 8.62. The van der Waals surface area contributed by atoms with Crippen molar-refractivity contribution < 1.29 is 14.3 Å². The smallest absolute Gasteiger partial charge is 0.310 e. The molecule has 6 heteroatoms. The van der Waals surface area contributed by atoms with E-state index in [4.69, 9.17) is 4.74 Å². The van der Waals surface area contributed by atoms with E-state index in [2.05, 4.69) is 10.3 Å². The molecule has 0 fully saturated rings. The average Bonchev–Trinajstić information content (AvgIpc) is 3.26. The van der Waals surface area contributed by atoms with Crippen LogP contribution in [0, 0.1) is 5.92 Å². The second-order valence-electron chi connectivity index (χ2n) is 6.19. The van der Waals surface area contributed by atoms with Gasteiger partial charge in [0.1, 0.15) is 0 Å².